The minimum Gasteiger partial charge on any atom is -0.496 e. The summed E-state index contributed by atoms with van der Waals surface area (Å²) >= 11 is 6.03. The number of unbranched alkanes of at least 4 members (excludes halogenated alkanes) is 4. The van der Waals surface area contributed by atoms with Crippen molar-refractivity contribution in [3.63, 3.8) is 0 Å². The highest BCUT2D eigenvalue weighted by Crippen LogP contribution is 2.37. The number of halogens is 3. The third-order valence-corrected chi connectivity index (χ3v) is 5.62. The number of aldehydes is 1. The average molecular weight is 513 g/mol. The summed E-state index contributed by atoms with van der Waals surface area (Å²) in [5.41, 5.74) is 2.36. The van der Waals surface area contributed by atoms with Crippen LogP contribution in [-0.2, 0) is 17.9 Å². The molecule has 1 N–H and O–H groups in total. The Morgan fingerprint density at radius 2 is 1.74 bits per heavy atom. The Morgan fingerprint density at radius 3 is 2.29 bits per heavy atom. The molecule has 2 aromatic rings. The summed E-state index contributed by atoms with van der Waals surface area (Å²) in [5.74, 6) is 0.808. The van der Waals surface area contributed by atoms with Gasteiger partial charge in [0, 0.05) is 24.2 Å². The number of nitrogens with one attached hydrogen (secondary N) is 1. The summed E-state index contributed by atoms with van der Waals surface area (Å²) in [7, 11) is 3.38. The van der Waals surface area contributed by atoms with E-state index in [1.165, 1.54) is 52.2 Å². The van der Waals surface area contributed by atoms with Gasteiger partial charge in [-0.25, -0.2) is 18.7 Å². The van der Waals surface area contributed by atoms with E-state index in [2.05, 4.69) is 34.0 Å². The summed E-state index contributed by atoms with van der Waals surface area (Å²) in [6.45, 7) is 9.21. The molecule has 0 saturated carbocycles. The largest absolute Gasteiger partial charge is 0.496 e. The zero-order valence-corrected chi connectivity index (χ0v) is 22.5. The van der Waals surface area contributed by atoms with Crippen molar-refractivity contribution in [1.29, 1.82) is 0 Å². The number of carbonyl (C=O) groups excluding carboxylic acids is 1. The molecule has 9 heteroatoms. The lowest BCUT2D eigenvalue weighted by atomic mass is 10.0. The van der Waals surface area contributed by atoms with Crippen molar-refractivity contribution < 1.29 is 18.3 Å². The van der Waals surface area contributed by atoms with Crippen LogP contribution >= 0.6 is 11.6 Å². The van der Waals surface area contributed by atoms with Crippen molar-refractivity contribution in [1.82, 2.24) is 14.9 Å². The monoisotopic (exact) mass is 512 g/mol. The predicted octanol–water partition coefficient (Wildman–Crippen LogP) is 7.38. The van der Waals surface area contributed by atoms with Gasteiger partial charge in [0.05, 0.1) is 24.4 Å². The van der Waals surface area contributed by atoms with Crippen molar-refractivity contribution in [2.24, 2.45) is 0 Å². The number of carbonyl (C=O) groups is 1. The summed E-state index contributed by atoms with van der Waals surface area (Å²) in [5, 5.41) is 3.44. The number of nitrogens with zero attached hydrogens (tertiary/aromatic N) is 3. The molecule has 1 aromatic heterocycles. The van der Waals surface area contributed by atoms with Gasteiger partial charge in [-0.2, -0.15) is 0 Å². The van der Waals surface area contributed by atoms with Gasteiger partial charge in [0.15, 0.2) is 0 Å². The Hall–Kier alpha value is -2.32. The number of benzene rings is 1. The fourth-order valence-corrected chi connectivity index (χ4v) is 3.97. The number of hydrogen-bond acceptors (Lipinski definition) is 6. The van der Waals surface area contributed by atoms with Gasteiger partial charge < -0.3 is 14.8 Å². The van der Waals surface area contributed by atoms with Gasteiger partial charge in [0.1, 0.15) is 17.9 Å². The van der Waals surface area contributed by atoms with Crippen LogP contribution in [0.3, 0.4) is 0 Å². The molecule has 2 heterocycles. The van der Waals surface area contributed by atoms with Crippen molar-refractivity contribution in [2.75, 3.05) is 19.5 Å². The maximum Gasteiger partial charge on any atom is 0.267 e. The van der Waals surface area contributed by atoms with E-state index < -0.39 is 6.43 Å². The molecule has 0 amide bonds. The molecule has 0 radical (unpaired) electrons. The van der Waals surface area contributed by atoms with Crippen LogP contribution in [0.5, 0.6) is 5.75 Å². The van der Waals surface area contributed by atoms with Gasteiger partial charge in [-0.15, -0.1) is 0 Å². The standard InChI is InChI=1S/C17H19ClF2N4O.C7H16.C2H4O/c1-9(10-5-4-6-11(15(19)20)14(10)25-3)21-16-12-7-24(2)8-13(12)22-17(18)23-16;1-3-5-7-6-4-2;1-2-3/h4-6,9,15H,7-8H2,1-3H3,(H,21,22,23);3-7H2,1-2H3;2H,1H3. The molecular formula is C26H39ClF2N4O2. The second-order valence-corrected chi connectivity index (χ2v) is 8.71. The number of anilines is 1. The third kappa shape index (κ3) is 9.68. The van der Waals surface area contributed by atoms with Gasteiger partial charge in [-0.1, -0.05) is 58.1 Å². The fraction of sp³-hybridized carbons (Fsp3) is 0.577. The van der Waals surface area contributed by atoms with E-state index in [1.54, 1.807) is 12.1 Å². The molecule has 3 rings (SSSR count). The zero-order valence-electron chi connectivity index (χ0n) is 21.7. The number of hydrogen-bond donors (Lipinski definition) is 1. The molecule has 1 aliphatic rings. The summed E-state index contributed by atoms with van der Waals surface area (Å²) in [4.78, 5) is 19.5. The minimum absolute atomic E-state index is 0.126. The molecule has 0 fully saturated rings. The first-order chi connectivity index (χ1) is 16.7. The van der Waals surface area contributed by atoms with Crippen LogP contribution in [-0.4, -0.2) is 35.3 Å². The zero-order chi connectivity index (χ0) is 26.4. The second-order valence-electron chi connectivity index (χ2n) is 8.37. The Kier molecular flexibility index (Phi) is 14.4. The quantitative estimate of drug-likeness (QED) is 0.215. The molecule has 0 saturated heterocycles. The van der Waals surface area contributed by atoms with Gasteiger partial charge in [0.25, 0.3) is 6.43 Å². The molecular weight excluding hydrogens is 474 g/mol. The lowest BCUT2D eigenvalue weighted by Gasteiger charge is -2.21. The molecule has 0 bridgehead atoms. The smallest absolute Gasteiger partial charge is 0.267 e. The Bertz CT molecular complexity index is 911. The average Bonchev–Trinajstić information content (AvgIpc) is 3.19. The molecule has 1 aromatic carbocycles. The first kappa shape index (κ1) is 30.7. The van der Waals surface area contributed by atoms with E-state index in [0.29, 0.717) is 24.5 Å². The molecule has 196 valence electrons. The van der Waals surface area contributed by atoms with Crippen LogP contribution in [0.25, 0.3) is 0 Å². The first-order valence-corrected chi connectivity index (χ1v) is 12.5. The van der Waals surface area contributed by atoms with E-state index in [4.69, 9.17) is 21.1 Å². The topological polar surface area (TPSA) is 67.3 Å². The maximum atomic E-state index is 13.2. The molecule has 0 aliphatic carbocycles. The number of fused-ring (bicyclic) bond motifs is 1. The number of alkyl halides is 2. The second kappa shape index (κ2) is 16.4. The minimum atomic E-state index is -2.60. The Balaban J connectivity index is 0.000000521. The molecule has 35 heavy (non-hydrogen) atoms. The molecule has 1 atom stereocenters. The number of rotatable bonds is 9. The van der Waals surface area contributed by atoms with Crippen molar-refractivity contribution in [3.05, 3.63) is 45.9 Å². The van der Waals surface area contributed by atoms with Crippen LogP contribution in [0.4, 0.5) is 14.6 Å². The fourth-order valence-electron chi connectivity index (χ4n) is 3.78. The van der Waals surface area contributed by atoms with E-state index in [0.717, 1.165) is 17.5 Å². The van der Waals surface area contributed by atoms with Gasteiger partial charge in [0.2, 0.25) is 5.28 Å². The molecule has 1 unspecified atom stereocenters. The normalized spacial score (nSPS) is 13.2. The van der Waals surface area contributed by atoms with E-state index in [-0.39, 0.29) is 22.6 Å². The van der Waals surface area contributed by atoms with Crippen LogP contribution in [0, 0.1) is 0 Å². The summed E-state index contributed by atoms with van der Waals surface area (Å²) < 4.78 is 31.7. The third-order valence-electron chi connectivity index (χ3n) is 5.46. The highest BCUT2D eigenvalue weighted by atomic mass is 35.5. The first-order valence-electron chi connectivity index (χ1n) is 12.1. The number of methoxy groups -OCH3 is 1. The van der Waals surface area contributed by atoms with Crippen LogP contribution in [0.1, 0.15) is 94.7 Å². The highest BCUT2D eigenvalue weighted by Gasteiger charge is 2.25. The van der Waals surface area contributed by atoms with Crippen LogP contribution in [0.2, 0.25) is 5.28 Å². The molecule has 0 spiro atoms. The summed E-state index contributed by atoms with van der Waals surface area (Å²) in [6.07, 6.45) is 5.16. The molecule has 1 aliphatic heterocycles. The maximum absolute atomic E-state index is 13.2. The Morgan fingerprint density at radius 1 is 1.14 bits per heavy atom. The van der Waals surface area contributed by atoms with E-state index in [1.807, 2.05) is 14.0 Å². The van der Waals surface area contributed by atoms with Gasteiger partial charge in [-0.3, -0.25) is 4.90 Å². The van der Waals surface area contributed by atoms with Gasteiger partial charge in [-0.05, 0) is 38.6 Å². The predicted molar refractivity (Wildman–Crippen MR) is 138 cm³/mol. The number of ether oxygens (including phenoxy) is 1. The lowest BCUT2D eigenvalue weighted by molar-refractivity contribution is -0.106. The summed E-state index contributed by atoms with van der Waals surface area (Å²) in [6, 6.07) is 4.43. The van der Waals surface area contributed by atoms with Gasteiger partial charge >= 0.3 is 0 Å². The van der Waals surface area contributed by atoms with Crippen LogP contribution in [0.15, 0.2) is 18.2 Å². The van der Waals surface area contributed by atoms with E-state index in [9.17, 15) is 8.78 Å². The van der Waals surface area contributed by atoms with Crippen LogP contribution < -0.4 is 10.1 Å². The lowest BCUT2D eigenvalue weighted by Crippen LogP contribution is -2.13. The van der Waals surface area contributed by atoms with Crippen molar-refractivity contribution in [2.45, 2.75) is 85.4 Å². The molecule has 6 nitrogen and oxygen atoms in total. The number of aromatic nitrogens is 2. The van der Waals surface area contributed by atoms with E-state index >= 15 is 0 Å². The highest BCUT2D eigenvalue weighted by molar-refractivity contribution is 6.28. The number of para-hydroxylation sites is 1. The SMILES string of the molecule is CC=O.CCCCCCC.COc1c(C(F)F)cccc1C(C)Nc1nc(Cl)nc2c1CN(C)C2. The van der Waals surface area contributed by atoms with Crippen molar-refractivity contribution >= 4 is 23.7 Å². The van der Waals surface area contributed by atoms with Crippen molar-refractivity contribution in [3.8, 4) is 5.75 Å². The Labute approximate surface area is 213 Å².